The van der Waals surface area contributed by atoms with E-state index < -0.39 is 11.7 Å². The standard InChI is InChI=1S/C21H21F3N4O/c1-13-10-28(11-14(2)29-13)12-19-26-9-16-6-5-15(8-18(16)27-19)20-17(21(22,23)24)4-3-7-25-20/h3-9,13-14H,10-12H2,1-2H3. The van der Waals surface area contributed by atoms with Crippen LogP contribution in [-0.2, 0) is 17.5 Å². The number of nitrogens with zero attached hydrogens (tertiary/aromatic N) is 4. The van der Waals surface area contributed by atoms with Crippen molar-refractivity contribution in [3.8, 4) is 11.3 Å². The third-order valence-electron chi connectivity index (χ3n) is 4.88. The van der Waals surface area contributed by atoms with Gasteiger partial charge in [-0.15, -0.1) is 0 Å². The van der Waals surface area contributed by atoms with Crippen LogP contribution in [0.5, 0.6) is 0 Å². The fourth-order valence-corrected chi connectivity index (χ4v) is 3.76. The highest BCUT2D eigenvalue weighted by atomic mass is 19.4. The first-order valence-corrected chi connectivity index (χ1v) is 9.45. The first kappa shape index (κ1) is 19.7. The molecule has 3 aromatic rings. The minimum Gasteiger partial charge on any atom is -0.373 e. The van der Waals surface area contributed by atoms with Crippen molar-refractivity contribution >= 4 is 10.9 Å². The fourth-order valence-electron chi connectivity index (χ4n) is 3.76. The Morgan fingerprint density at radius 1 is 1.10 bits per heavy atom. The Kier molecular flexibility index (Phi) is 5.23. The van der Waals surface area contributed by atoms with Crippen LogP contribution in [0.15, 0.2) is 42.7 Å². The van der Waals surface area contributed by atoms with Gasteiger partial charge in [-0.1, -0.05) is 12.1 Å². The molecule has 0 spiro atoms. The van der Waals surface area contributed by atoms with E-state index in [4.69, 9.17) is 4.74 Å². The third kappa shape index (κ3) is 4.38. The molecule has 0 saturated carbocycles. The summed E-state index contributed by atoms with van der Waals surface area (Å²) in [5, 5.41) is 0.769. The van der Waals surface area contributed by atoms with Crippen molar-refractivity contribution in [2.24, 2.45) is 0 Å². The fraction of sp³-hybridized carbons (Fsp3) is 0.381. The number of ether oxygens (including phenoxy) is 1. The molecule has 5 nitrogen and oxygen atoms in total. The normalized spacial score (nSPS) is 20.9. The van der Waals surface area contributed by atoms with Gasteiger partial charge in [0.1, 0.15) is 5.82 Å². The second kappa shape index (κ2) is 7.68. The van der Waals surface area contributed by atoms with E-state index in [0.717, 1.165) is 24.5 Å². The lowest BCUT2D eigenvalue weighted by Crippen LogP contribution is -2.45. The smallest absolute Gasteiger partial charge is 0.373 e. The van der Waals surface area contributed by atoms with Gasteiger partial charge in [0.15, 0.2) is 0 Å². The predicted octanol–water partition coefficient (Wildman–Crippen LogP) is 4.32. The van der Waals surface area contributed by atoms with E-state index in [9.17, 15) is 13.2 Å². The maximum absolute atomic E-state index is 13.4. The van der Waals surface area contributed by atoms with E-state index in [1.54, 1.807) is 24.4 Å². The monoisotopic (exact) mass is 402 g/mol. The first-order chi connectivity index (χ1) is 13.8. The summed E-state index contributed by atoms with van der Waals surface area (Å²) in [6.45, 7) is 6.20. The van der Waals surface area contributed by atoms with Gasteiger partial charge < -0.3 is 4.74 Å². The molecule has 0 N–H and O–H groups in total. The molecular formula is C21H21F3N4O. The summed E-state index contributed by atoms with van der Waals surface area (Å²) in [4.78, 5) is 15.2. The molecule has 0 bridgehead atoms. The summed E-state index contributed by atoms with van der Waals surface area (Å²) in [5.74, 6) is 0.632. The molecule has 4 rings (SSSR count). The lowest BCUT2D eigenvalue weighted by atomic mass is 10.0. The second-order valence-electron chi connectivity index (χ2n) is 7.41. The van der Waals surface area contributed by atoms with Crippen molar-refractivity contribution in [2.45, 2.75) is 38.8 Å². The molecular weight excluding hydrogens is 381 g/mol. The van der Waals surface area contributed by atoms with Crippen LogP contribution in [0.2, 0.25) is 0 Å². The number of halogens is 3. The quantitative estimate of drug-likeness (QED) is 0.653. The SMILES string of the molecule is CC1CN(Cc2ncc3ccc(-c4ncccc4C(F)(F)F)cc3n2)CC(C)O1. The van der Waals surface area contributed by atoms with Crippen molar-refractivity contribution in [3.63, 3.8) is 0 Å². The van der Waals surface area contributed by atoms with E-state index in [2.05, 4.69) is 19.9 Å². The number of alkyl halides is 3. The number of rotatable bonds is 3. The molecule has 0 radical (unpaired) electrons. The largest absolute Gasteiger partial charge is 0.418 e. The summed E-state index contributed by atoms with van der Waals surface area (Å²) < 4.78 is 45.8. The maximum atomic E-state index is 13.4. The topological polar surface area (TPSA) is 51.1 Å². The number of morpholine rings is 1. The summed E-state index contributed by atoms with van der Waals surface area (Å²) in [6.07, 6.45) is -1.13. The summed E-state index contributed by atoms with van der Waals surface area (Å²) in [5.41, 5.74) is 0.118. The van der Waals surface area contributed by atoms with Crippen molar-refractivity contribution in [1.82, 2.24) is 19.9 Å². The molecule has 1 fully saturated rings. The molecule has 1 aliphatic rings. The highest BCUT2D eigenvalue weighted by molar-refractivity contribution is 5.83. The van der Waals surface area contributed by atoms with Crippen molar-refractivity contribution in [1.29, 1.82) is 0 Å². The molecule has 1 aliphatic heterocycles. The van der Waals surface area contributed by atoms with E-state index in [0.29, 0.717) is 23.4 Å². The second-order valence-corrected chi connectivity index (χ2v) is 7.41. The number of pyridine rings is 1. The molecule has 152 valence electrons. The van der Waals surface area contributed by atoms with E-state index >= 15 is 0 Å². The van der Waals surface area contributed by atoms with Crippen LogP contribution in [-0.4, -0.2) is 45.1 Å². The molecule has 29 heavy (non-hydrogen) atoms. The maximum Gasteiger partial charge on any atom is 0.418 e. The zero-order valence-corrected chi connectivity index (χ0v) is 16.1. The van der Waals surface area contributed by atoms with Crippen molar-refractivity contribution in [3.05, 3.63) is 54.1 Å². The lowest BCUT2D eigenvalue weighted by Gasteiger charge is -2.34. The molecule has 0 amide bonds. The summed E-state index contributed by atoms with van der Waals surface area (Å²) in [7, 11) is 0. The van der Waals surface area contributed by atoms with E-state index in [1.807, 2.05) is 13.8 Å². The molecule has 1 aromatic carbocycles. The Balaban J connectivity index is 1.66. The van der Waals surface area contributed by atoms with Crippen LogP contribution in [0.3, 0.4) is 0 Å². The summed E-state index contributed by atoms with van der Waals surface area (Å²) in [6, 6.07) is 7.32. The number of aromatic nitrogens is 3. The van der Waals surface area contributed by atoms with Gasteiger partial charge in [-0.3, -0.25) is 9.88 Å². The number of hydrogen-bond acceptors (Lipinski definition) is 5. The highest BCUT2D eigenvalue weighted by Gasteiger charge is 2.34. The Labute approximate surface area is 166 Å². The van der Waals surface area contributed by atoms with E-state index in [1.165, 1.54) is 12.3 Å². The average Bonchev–Trinajstić information content (AvgIpc) is 2.66. The Morgan fingerprint density at radius 2 is 1.86 bits per heavy atom. The Bertz CT molecular complexity index is 1010. The molecule has 1 saturated heterocycles. The van der Waals surface area contributed by atoms with Crippen molar-refractivity contribution in [2.75, 3.05) is 13.1 Å². The molecule has 2 atom stereocenters. The third-order valence-corrected chi connectivity index (χ3v) is 4.88. The van der Waals surface area contributed by atoms with Gasteiger partial charge in [0, 0.05) is 36.4 Å². The summed E-state index contributed by atoms with van der Waals surface area (Å²) >= 11 is 0. The van der Waals surface area contributed by atoms with Crippen LogP contribution in [0.4, 0.5) is 13.2 Å². The zero-order valence-electron chi connectivity index (χ0n) is 16.1. The van der Waals surface area contributed by atoms with E-state index in [-0.39, 0.29) is 17.9 Å². The molecule has 8 heteroatoms. The number of hydrogen-bond donors (Lipinski definition) is 0. The van der Waals surface area contributed by atoms with Gasteiger partial charge in [-0.05, 0) is 32.0 Å². The van der Waals surface area contributed by atoms with Gasteiger partial charge in [-0.25, -0.2) is 9.97 Å². The molecule has 0 aliphatic carbocycles. The Hall–Kier alpha value is -2.58. The van der Waals surface area contributed by atoms with Gasteiger partial charge >= 0.3 is 6.18 Å². The zero-order chi connectivity index (χ0) is 20.6. The number of fused-ring (bicyclic) bond motifs is 1. The van der Waals surface area contributed by atoms with Crippen LogP contribution >= 0.6 is 0 Å². The van der Waals surface area contributed by atoms with Gasteiger partial charge in [0.2, 0.25) is 0 Å². The Morgan fingerprint density at radius 3 is 2.59 bits per heavy atom. The van der Waals surface area contributed by atoms with Crippen LogP contribution in [0.1, 0.15) is 25.2 Å². The van der Waals surface area contributed by atoms with Crippen LogP contribution < -0.4 is 0 Å². The van der Waals surface area contributed by atoms with Crippen LogP contribution in [0, 0.1) is 0 Å². The van der Waals surface area contributed by atoms with Gasteiger partial charge in [0.25, 0.3) is 0 Å². The van der Waals surface area contributed by atoms with Crippen LogP contribution in [0.25, 0.3) is 22.2 Å². The highest BCUT2D eigenvalue weighted by Crippen LogP contribution is 2.36. The lowest BCUT2D eigenvalue weighted by molar-refractivity contribution is -0.137. The molecule has 2 unspecified atom stereocenters. The minimum atomic E-state index is -4.47. The average molecular weight is 402 g/mol. The van der Waals surface area contributed by atoms with Gasteiger partial charge in [-0.2, -0.15) is 13.2 Å². The molecule has 2 aromatic heterocycles. The predicted molar refractivity (Wildman–Crippen MR) is 103 cm³/mol. The first-order valence-electron chi connectivity index (χ1n) is 9.45. The van der Waals surface area contributed by atoms with Gasteiger partial charge in [0.05, 0.1) is 35.5 Å². The molecule has 3 heterocycles. The number of benzene rings is 1. The minimum absolute atomic E-state index is 0.0992. The van der Waals surface area contributed by atoms with Crippen molar-refractivity contribution < 1.29 is 17.9 Å².